The Bertz CT molecular complexity index is 346. The van der Waals surface area contributed by atoms with Gasteiger partial charge in [0.25, 0.3) is 10.1 Å². The van der Waals surface area contributed by atoms with E-state index in [9.17, 15) is 8.42 Å². The summed E-state index contributed by atoms with van der Waals surface area (Å²) < 4.78 is 31.3. The van der Waals surface area contributed by atoms with Crippen LogP contribution < -0.4 is 0 Å². The molecule has 0 N–H and O–H groups in total. The fraction of sp³-hybridized carbons (Fsp3) is 0.917. The van der Waals surface area contributed by atoms with Crippen molar-refractivity contribution < 1.29 is 22.2 Å². The fourth-order valence-electron chi connectivity index (χ4n) is 1.06. The van der Waals surface area contributed by atoms with Gasteiger partial charge in [-0.3, -0.25) is 4.18 Å². The lowest BCUT2D eigenvalue weighted by molar-refractivity contribution is 0.000669. The average molecular weight is 295 g/mol. The highest BCUT2D eigenvalue weighted by Gasteiger charge is 2.08. The second kappa shape index (κ2) is 9.28. The maximum atomic E-state index is 10.7. The summed E-state index contributed by atoms with van der Waals surface area (Å²) in [5.41, 5.74) is -0.282. The van der Waals surface area contributed by atoms with Crippen molar-refractivity contribution in [2.45, 2.75) is 45.6 Å². The molecule has 0 spiro atoms. The highest BCUT2D eigenvalue weighted by molar-refractivity contribution is 7.85. The Labute approximate surface area is 116 Å². The Balaban J connectivity index is 3.28. The zero-order valence-corrected chi connectivity index (χ0v) is 13.0. The molecule has 0 amide bonds. The normalized spacial score (nSPS) is 13.1. The number of nitrogens with zero attached hydrogens (tertiary/aromatic N) is 1. The van der Waals surface area contributed by atoms with Crippen LogP contribution in [-0.4, -0.2) is 46.3 Å². The third kappa shape index (κ3) is 17.3. The summed E-state index contributed by atoms with van der Waals surface area (Å²) >= 11 is 0. The van der Waals surface area contributed by atoms with Gasteiger partial charge >= 0.3 is 0 Å². The summed E-state index contributed by atoms with van der Waals surface area (Å²) in [6, 6.07) is 0. The molecule has 0 radical (unpaired) electrons. The van der Waals surface area contributed by atoms with E-state index in [0.717, 1.165) is 19.1 Å². The molecule has 6 nitrogen and oxygen atoms in total. The van der Waals surface area contributed by atoms with Crippen LogP contribution in [0.3, 0.4) is 0 Å². The summed E-state index contributed by atoms with van der Waals surface area (Å²) in [6.07, 6.45) is 5.07. The molecule has 0 aliphatic carbocycles. The first-order chi connectivity index (χ1) is 8.71. The zero-order chi connectivity index (χ0) is 14.8. The number of hydrogen-bond donors (Lipinski definition) is 0. The molecular weight excluding hydrogens is 270 g/mol. The number of rotatable bonds is 10. The number of unbranched alkanes of at least 4 members (excludes halogenated alkanes) is 2. The molecule has 19 heavy (non-hydrogen) atoms. The van der Waals surface area contributed by atoms with Gasteiger partial charge in [0.2, 0.25) is 0 Å². The minimum atomic E-state index is -3.31. The highest BCUT2D eigenvalue weighted by atomic mass is 32.2. The Hall–Kier alpha value is -0.660. The molecule has 0 saturated carbocycles. The zero-order valence-electron chi connectivity index (χ0n) is 12.2. The number of ether oxygens (including phenoxy) is 1. The monoisotopic (exact) mass is 295 g/mol. The molecule has 0 bridgehead atoms. The van der Waals surface area contributed by atoms with E-state index in [1.807, 2.05) is 20.8 Å². The Morgan fingerprint density at radius 1 is 1.11 bits per heavy atom. The number of hydrogen-bond acceptors (Lipinski definition) is 6. The van der Waals surface area contributed by atoms with Crippen molar-refractivity contribution >= 4 is 16.3 Å². The quantitative estimate of drug-likeness (QED) is 0.266. The lowest BCUT2D eigenvalue weighted by Gasteiger charge is -2.14. The summed E-state index contributed by atoms with van der Waals surface area (Å²) in [5, 5.41) is 3.78. The van der Waals surface area contributed by atoms with Gasteiger partial charge in [-0.05, 0) is 40.0 Å². The molecule has 0 aromatic carbocycles. The van der Waals surface area contributed by atoms with Crippen LogP contribution in [-0.2, 0) is 23.9 Å². The van der Waals surface area contributed by atoms with Crippen molar-refractivity contribution in [3.8, 4) is 0 Å². The minimum absolute atomic E-state index is 0.236. The van der Waals surface area contributed by atoms with Gasteiger partial charge in [0.15, 0.2) is 0 Å². The fourth-order valence-corrected chi connectivity index (χ4v) is 1.48. The van der Waals surface area contributed by atoms with Crippen LogP contribution >= 0.6 is 0 Å². The average Bonchev–Trinajstić information content (AvgIpc) is 2.22. The van der Waals surface area contributed by atoms with Crippen LogP contribution in [0.2, 0.25) is 0 Å². The molecule has 0 aliphatic heterocycles. The molecule has 0 aliphatic rings. The van der Waals surface area contributed by atoms with E-state index < -0.39 is 10.1 Å². The van der Waals surface area contributed by atoms with E-state index in [1.54, 1.807) is 6.21 Å². The Morgan fingerprint density at radius 3 is 2.32 bits per heavy atom. The van der Waals surface area contributed by atoms with Crippen LogP contribution in [0.5, 0.6) is 0 Å². The van der Waals surface area contributed by atoms with E-state index in [2.05, 4.69) is 9.34 Å². The molecule has 0 aromatic rings. The van der Waals surface area contributed by atoms with Crippen molar-refractivity contribution in [2.24, 2.45) is 5.16 Å². The molecular formula is C12H25NO5S. The van der Waals surface area contributed by atoms with Gasteiger partial charge < -0.3 is 9.57 Å². The molecule has 0 rings (SSSR count). The summed E-state index contributed by atoms with van der Waals surface area (Å²) in [6.45, 7) is 7.02. The van der Waals surface area contributed by atoms with E-state index in [4.69, 9.17) is 9.57 Å². The van der Waals surface area contributed by atoms with Gasteiger partial charge in [0.05, 0.1) is 25.7 Å². The Kier molecular flexibility index (Phi) is 8.95. The van der Waals surface area contributed by atoms with E-state index in [1.165, 1.54) is 0 Å². The first kappa shape index (κ1) is 18.3. The van der Waals surface area contributed by atoms with Gasteiger partial charge in [-0.1, -0.05) is 5.16 Å². The van der Waals surface area contributed by atoms with Crippen molar-refractivity contribution in [1.82, 2.24) is 0 Å². The van der Waals surface area contributed by atoms with E-state index in [-0.39, 0.29) is 12.2 Å². The Morgan fingerprint density at radius 2 is 1.74 bits per heavy atom. The van der Waals surface area contributed by atoms with Gasteiger partial charge in [0.1, 0.15) is 5.60 Å². The largest absolute Gasteiger partial charge is 0.390 e. The molecule has 0 fully saturated rings. The predicted molar refractivity (Wildman–Crippen MR) is 74.8 cm³/mol. The minimum Gasteiger partial charge on any atom is -0.390 e. The first-order valence-electron chi connectivity index (χ1n) is 6.33. The maximum Gasteiger partial charge on any atom is 0.264 e. The molecule has 0 unspecified atom stereocenters. The molecule has 0 atom stereocenters. The third-order valence-corrected chi connectivity index (χ3v) is 2.42. The molecule has 0 saturated heterocycles. The smallest absolute Gasteiger partial charge is 0.264 e. The third-order valence-electron chi connectivity index (χ3n) is 1.82. The summed E-state index contributed by atoms with van der Waals surface area (Å²) in [4.78, 5) is 5.14. The van der Waals surface area contributed by atoms with Gasteiger partial charge in [-0.15, -0.1) is 0 Å². The van der Waals surface area contributed by atoms with E-state index in [0.29, 0.717) is 19.6 Å². The van der Waals surface area contributed by atoms with Crippen molar-refractivity contribution in [2.75, 3.05) is 26.1 Å². The molecule has 114 valence electrons. The molecule has 7 heteroatoms. The van der Waals surface area contributed by atoms with Crippen molar-refractivity contribution in [3.05, 3.63) is 0 Å². The molecule has 0 aromatic heterocycles. The van der Waals surface area contributed by atoms with Gasteiger partial charge in [-0.25, -0.2) is 0 Å². The SMILES string of the molecule is CC(C)(C)O/N=C/COCCCCCOS(C)(=O)=O. The second-order valence-corrected chi connectivity index (χ2v) is 6.80. The van der Waals surface area contributed by atoms with Crippen LogP contribution in [0.4, 0.5) is 0 Å². The summed E-state index contributed by atoms with van der Waals surface area (Å²) in [7, 11) is -3.31. The van der Waals surface area contributed by atoms with Crippen molar-refractivity contribution in [3.63, 3.8) is 0 Å². The lowest BCUT2D eigenvalue weighted by Crippen LogP contribution is -2.15. The topological polar surface area (TPSA) is 74.2 Å². The van der Waals surface area contributed by atoms with Crippen LogP contribution in [0.25, 0.3) is 0 Å². The highest BCUT2D eigenvalue weighted by Crippen LogP contribution is 2.05. The predicted octanol–water partition coefficient (Wildman–Crippen LogP) is 1.95. The van der Waals surface area contributed by atoms with Crippen LogP contribution in [0.1, 0.15) is 40.0 Å². The van der Waals surface area contributed by atoms with Crippen LogP contribution in [0, 0.1) is 0 Å². The number of oxime groups is 1. The summed E-state index contributed by atoms with van der Waals surface area (Å²) in [5.74, 6) is 0. The van der Waals surface area contributed by atoms with E-state index >= 15 is 0 Å². The van der Waals surface area contributed by atoms with Crippen LogP contribution in [0.15, 0.2) is 5.16 Å². The first-order valence-corrected chi connectivity index (χ1v) is 8.14. The second-order valence-electron chi connectivity index (χ2n) is 5.15. The molecule has 0 heterocycles. The van der Waals surface area contributed by atoms with Gasteiger partial charge in [0, 0.05) is 6.61 Å². The lowest BCUT2D eigenvalue weighted by atomic mass is 10.2. The van der Waals surface area contributed by atoms with Crippen molar-refractivity contribution in [1.29, 1.82) is 0 Å². The van der Waals surface area contributed by atoms with Gasteiger partial charge in [-0.2, -0.15) is 8.42 Å². The standard InChI is InChI=1S/C12H25NO5S/c1-12(2,3)18-13-8-11-16-9-6-5-7-10-17-19(4,14)15/h8H,5-7,9-11H2,1-4H3/b13-8+. The maximum absolute atomic E-state index is 10.7.